The Hall–Kier alpha value is -1.08. The zero-order valence-corrected chi connectivity index (χ0v) is 18.4. The number of hydrogen-bond acceptors (Lipinski definition) is 3. The van der Waals surface area contributed by atoms with Gasteiger partial charge >= 0.3 is 0 Å². The molecule has 1 atom stereocenters. The first-order valence-corrected chi connectivity index (χ1v) is 11.9. The van der Waals surface area contributed by atoms with Crippen molar-refractivity contribution >= 4 is 37.5 Å². The number of carbonyl (C=O) groups excluding carboxylic acids is 1. The first-order valence-electron chi connectivity index (χ1n) is 9.27. The molecule has 0 aromatic heterocycles. The van der Waals surface area contributed by atoms with Crippen molar-refractivity contribution in [2.45, 2.75) is 52.4 Å². The average Bonchev–Trinajstić information content (AvgIpc) is 2.59. The minimum Gasteiger partial charge on any atom is -0.356 e. The minimum absolute atomic E-state index is 0.00999. The highest BCUT2D eigenvalue weighted by atomic mass is 79.9. The molecule has 5 nitrogen and oxygen atoms in total. The van der Waals surface area contributed by atoms with E-state index in [1.807, 2.05) is 0 Å². The summed E-state index contributed by atoms with van der Waals surface area (Å²) < 4.78 is 26.4. The number of anilines is 1. The van der Waals surface area contributed by atoms with Gasteiger partial charge in [0.05, 0.1) is 11.9 Å². The van der Waals surface area contributed by atoms with E-state index in [1.165, 1.54) is 23.4 Å². The molecule has 0 bridgehead atoms. The molecule has 0 saturated heterocycles. The van der Waals surface area contributed by atoms with Crippen molar-refractivity contribution in [3.63, 3.8) is 0 Å². The van der Waals surface area contributed by atoms with Crippen molar-refractivity contribution < 1.29 is 13.2 Å². The van der Waals surface area contributed by atoms with E-state index in [0.717, 1.165) is 17.3 Å². The first-order chi connectivity index (χ1) is 12.3. The van der Waals surface area contributed by atoms with Gasteiger partial charge < -0.3 is 5.32 Å². The van der Waals surface area contributed by atoms with Gasteiger partial charge in [-0.1, -0.05) is 49.0 Å². The van der Waals surface area contributed by atoms with Crippen molar-refractivity contribution in [2.75, 3.05) is 23.7 Å². The Labute approximate surface area is 166 Å². The second kappa shape index (κ2) is 11.6. The van der Waals surface area contributed by atoms with Gasteiger partial charge in [0.15, 0.2) is 0 Å². The quantitative estimate of drug-likeness (QED) is 0.519. The second-order valence-corrected chi connectivity index (χ2v) is 9.46. The maximum Gasteiger partial charge on any atom is 0.232 e. The summed E-state index contributed by atoms with van der Waals surface area (Å²) in [5.41, 5.74) is 0.613. The number of sulfonamides is 1. The number of halogens is 1. The van der Waals surface area contributed by atoms with E-state index in [1.54, 1.807) is 24.3 Å². The average molecular weight is 447 g/mol. The molecule has 0 heterocycles. The number of nitrogens with zero attached hydrogens (tertiary/aromatic N) is 1. The fraction of sp³-hybridized carbons (Fsp3) is 0.632. The van der Waals surface area contributed by atoms with Gasteiger partial charge in [0, 0.05) is 24.0 Å². The molecule has 148 valence electrons. The molecule has 1 rings (SSSR count). The third-order valence-corrected chi connectivity index (χ3v) is 6.13. The summed E-state index contributed by atoms with van der Waals surface area (Å²) >= 11 is 3.35. The van der Waals surface area contributed by atoms with Crippen molar-refractivity contribution in [2.24, 2.45) is 5.92 Å². The summed E-state index contributed by atoms with van der Waals surface area (Å²) in [5.74, 6) is 0.512. The summed E-state index contributed by atoms with van der Waals surface area (Å²) in [5, 5.41) is 2.99. The molecule has 0 aliphatic carbocycles. The molecular formula is C19H31BrN2O3S. The number of nitrogens with one attached hydrogen (secondary N) is 1. The van der Waals surface area contributed by atoms with Crippen LogP contribution >= 0.6 is 15.9 Å². The lowest BCUT2D eigenvalue weighted by molar-refractivity contribution is -0.121. The SMILES string of the molecule is CCCCC(CC)CNC(=O)CCCN(c1ccc(Br)cc1)S(C)(=O)=O. The molecule has 1 N–H and O–H groups in total. The van der Waals surface area contributed by atoms with Gasteiger partial charge in [0.1, 0.15) is 0 Å². The summed E-state index contributed by atoms with van der Waals surface area (Å²) in [6, 6.07) is 7.12. The number of amides is 1. The molecule has 0 fully saturated rings. The number of hydrogen-bond donors (Lipinski definition) is 1. The summed E-state index contributed by atoms with van der Waals surface area (Å²) in [6.07, 6.45) is 6.55. The fourth-order valence-electron chi connectivity index (χ4n) is 2.77. The maximum atomic E-state index is 12.1. The van der Waals surface area contributed by atoms with E-state index >= 15 is 0 Å². The Morgan fingerprint density at radius 3 is 2.38 bits per heavy atom. The van der Waals surface area contributed by atoms with Gasteiger partial charge in [0.25, 0.3) is 0 Å². The van der Waals surface area contributed by atoms with Crippen LogP contribution in [0.2, 0.25) is 0 Å². The van der Waals surface area contributed by atoms with Crippen LogP contribution < -0.4 is 9.62 Å². The molecule has 0 aliphatic heterocycles. The fourth-order valence-corrected chi connectivity index (χ4v) is 4.00. The lowest BCUT2D eigenvalue weighted by Crippen LogP contribution is -2.33. The highest BCUT2D eigenvalue weighted by molar-refractivity contribution is 9.10. The predicted molar refractivity (Wildman–Crippen MR) is 112 cm³/mol. The van der Waals surface area contributed by atoms with Crippen LogP contribution in [0.4, 0.5) is 5.69 Å². The van der Waals surface area contributed by atoms with Gasteiger partial charge in [0.2, 0.25) is 15.9 Å². The van der Waals surface area contributed by atoms with E-state index in [0.29, 0.717) is 37.5 Å². The zero-order valence-electron chi connectivity index (χ0n) is 16.0. The Morgan fingerprint density at radius 2 is 1.85 bits per heavy atom. The summed E-state index contributed by atoms with van der Waals surface area (Å²) in [6.45, 7) is 5.32. The number of benzene rings is 1. The molecule has 0 saturated carbocycles. The van der Waals surface area contributed by atoms with Crippen LogP contribution in [0.3, 0.4) is 0 Å². The van der Waals surface area contributed by atoms with Crippen molar-refractivity contribution in [3.05, 3.63) is 28.7 Å². The van der Waals surface area contributed by atoms with E-state index < -0.39 is 10.0 Å². The van der Waals surface area contributed by atoms with Crippen LogP contribution in [0.1, 0.15) is 52.4 Å². The molecule has 0 spiro atoms. The Balaban J connectivity index is 2.49. The molecule has 0 aliphatic rings. The molecule has 26 heavy (non-hydrogen) atoms. The summed E-state index contributed by atoms with van der Waals surface area (Å²) in [7, 11) is -3.38. The van der Waals surface area contributed by atoms with E-state index in [9.17, 15) is 13.2 Å². The van der Waals surface area contributed by atoms with Crippen molar-refractivity contribution in [1.82, 2.24) is 5.32 Å². The van der Waals surface area contributed by atoms with E-state index in [-0.39, 0.29) is 5.91 Å². The molecule has 1 amide bonds. The largest absolute Gasteiger partial charge is 0.356 e. The molecular weight excluding hydrogens is 416 g/mol. The second-order valence-electron chi connectivity index (χ2n) is 6.64. The number of unbranched alkanes of at least 4 members (excludes halogenated alkanes) is 1. The highest BCUT2D eigenvalue weighted by Gasteiger charge is 2.17. The van der Waals surface area contributed by atoms with Crippen LogP contribution in [-0.4, -0.2) is 33.7 Å². The van der Waals surface area contributed by atoms with Gasteiger partial charge in [-0.3, -0.25) is 9.10 Å². The zero-order chi connectivity index (χ0) is 19.6. The molecule has 1 aromatic rings. The van der Waals surface area contributed by atoms with E-state index in [2.05, 4.69) is 35.1 Å². The molecule has 0 radical (unpaired) electrons. The van der Waals surface area contributed by atoms with Crippen molar-refractivity contribution in [3.8, 4) is 0 Å². The number of carbonyl (C=O) groups is 1. The van der Waals surface area contributed by atoms with Gasteiger partial charge in [-0.15, -0.1) is 0 Å². The van der Waals surface area contributed by atoms with Crippen LogP contribution in [0.15, 0.2) is 28.7 Å². The lowest BCUT2D eigenvalue weighted by Gasteiger charge is -2.22. The smallest absolute Gasteiger partial charge is 0.232 e. The standard InChI is InChI=1S/C19H31BrN2O3S/c1-4-6-8-16(5-2)15-21-19(23)9-7-14-22(26(3,24)25)18-12-10-17(20)11-13-18/h10-13,16H,4-9,14-15H2,1-3H3,(H,21,23). The first kappa shape index (κ1) is 23.0. The molecule has 1 aromatic carbocycles. The Bertz CT molecular complexity index is 647. The third-order valence-electron chi connectivity index (χ3n) is 4.41. The van der Waals surface area contributed by atoms with Crippen LogP contribution in [0, 0.1) is 5.92 Å². The van der Waals surface area contributed by atoms with Gasteiger partial charge in [-0.05, 0) is 43.0 Å². The Morgan fingerprint density at radius 1 is 1.19 bits per heavy atom. The van der Waals surface area contributed by atoms with E-state index in [4.69, 9.17) is 0 Å². The topological polar surface area (TPSA) is 66.5 Å². The third kappa shape index (κ3) is 8.54. The lowest BCUT2D eigenvalue weighted by atomic mass is 9.99. The van der Waals surface area contributed by atoms with Crippen LogP contribution in [-0.2, 0) is 14.8 Å². The van der Waals surface area contributed by atoms with Gasteiger partial charge in [-0.2, -0.15) is 0 Å². The van der Waals surface area contributed by atoms with Gasteiger partial charge in [-0.25, -0.2) is 8.42 Å². The van der Waals surface area contributed by atoms with Crippen molar-refractivity contribution in [1.29, 1.82) is 0 Å². The predicted octanol–water partition coefficient (Wildman–Crippen LogP) is 4.33. The monoisotopic (exact) mass is 446 g/mol. The maximum absolute atomic E-state index is 12.1. The molecule has 7 heteroatoms. The Kier molecular flexibility index (Phi) is 10.2. The number of rotatable bonds is 12. The molecule has 1 unspecified atom stereocenters. The normalized spacial score (nSPS) is 12.6. The van der Waals surface area contributed by atoms with Crippen LogP contribution in [0.5, 0.6) is 0 Å². The summed E-state index contributed by atoms with van der Waals surface area (Å²) in [4.78, 5) is 12.1. The minimum atomic E-state index is -3.38. The van der Waals surface area contributed by atoms with Crippen LogP contribution in [0.25, 0.3) is 0 Å². The highest BCUT2D eigenvalue weighted by Crippen LogP contribution is 2.21.